The number of hydrogen-bond acceptors (Lipinski definition) is 6. The number of nitrogens with zero attached hydrogens (tertiary/aromatic N) is 4. The van der Waals surface area contributed by atoms with E-state index in [1.54, 1.807) is 0 Å². The maximum atomic E-state index is 11.7. The molecular weight excluding hydrogens is 320 g/mol. The topological polar surface area (TPSA) is 81.4 Å². The zero-order valence-electron chi connectivity index (χ0n) is 14.6. The highest BCUT2D eigenvalue weighted by Crippen LogP contribution is 2.37. The fourth-order valence-electron chi connectivity index (χ4n) is 3.21. The second-order valence-electron chi connectivity index (χ2n) is 6.43. The SMILES string of the molecule is Cc1cc(C)cc(Oc2ncnc(N3CCCCCC3)c2[N+](=O)[O-])c1. The average molecular weight is 342 g/mol. The molecule has 0 N–H and O–H groups in total. The molecule has 25 heavy (non-hydrogen) atoms. The van der Waals surface area contributed by atoms with E-state index in [0.717, 1.165) is 49.9 Å². The van der Waals surface area contributed by atoms with E-state index >= 15 is 0 Å². The molecule has 0 saturated carbocycles. The fraction of sp³-hybridized carbons (Fsp3) is 0.444. The van der Waals surface area contributed by atoms with Gasteiger partial charge in [-0.25, -0.2) is 4.98 Å². The van der Waals surface area contributed by atoms with Crippen LogP contribution in [-0.4, -0.2) is 28.0 Å². The maximum absolute atomic E-state index is 11.7. The highest BCUT2D eigenvalue weighted by atomic mass is 16.6. The van der Waals surface area contributed by atoms with Crippen LogP contribution in [0.1, 0.15) is 36.8 Å². The monoisotopic (exact) mass is 342 g/mol. The first-order valence-corrected chi connectivity index (χ1v) is 8.55. The van der Waals surface area contributed by atoms with Crippen LogP contribution >= 0.6 is 0 Å². The van der Waals surface area contributed by atoms with Gasteiger partial charge in [0.25, 0.3) is 0 Å². The first kappa shape index (κ1) is 17.1. The Balaban J connectivity index is 1.98. The van der Waals surface area contributed by atoms with E-state index in [-0.39, 0.29) is 11.6 Å². The molecule has 0 amide bonds. The van der Waals surface area contributed by atoms with Crippen LogP contribution in [0.25, 0.3) is 0 Å². The largest absolute Gasteiger partial charge is 0.434 e. The van der Waals surface area contributed by atoms with Gasteiger partial charge in [0.05, 0.1) is 4.92 Å². The Bertz CT molecular complexity index is 751. The van der Waals surface area contributed by atoms with Gasteiger partial charge in [0.2, 0.25) is 5.82 Å². The van der Waals surface area contributed by atoms with Crippen molar-refractivity contribution in [2.45, 2.75) is 39.5 Å². The van der Waals surface area contributed by atoms with Gasteiger partial charge in [-0.2, -0.15) is 4.98 Å². The number of aromatic nitrogens is 2. The van der Waals surface area contributed by atoms with Crippen LogP contribution < -0.4 is 9.64 Å². The summed E-state index contributed by atoms with van der Waals surface area (Å²) in [6, 6.07) is 5.69. The van der Waals surface area contributed by atoms with Crippen molar-refractivity contribution < 1.29 is 9.66 Å². The molecule has 1 aromatic carbocycles. The molecule has 7 nitrogen and oxygen atoms in total. The van der Waals surface area contributed by atoms with Crippen LogP contribution in [0.3, 0.4) is 0 Å². The molecule has 1 saturated heterocycles. The quantitative estimate of drug-likeness (QED) is 0.612. The van der Waals surface area contributed by atoms with Gasteiger partial charge in [-0.3, -0.25) is 10.1 Å². The molecule has 132 valence electrons. The lowest BCUT2D eigenvalue weighted by Crippen LogP contribution is -2.26. The number of nitro groups is 1. The number of hydrogen-bond donors (Lipinski definition) is 0. The predicted octanol–water partition coefficient (Wildman–Crippen LogP) is 4.17. The summed E-state index contributed by atoms with van der Waals surface area (Å²) >= 11 is 0. The molecule has 1 aromatic heterocycles. The summed E-state index contributed by atoms with van der Waals surface area (Å²) in [4.78, 5) is 21.5. The smallest absolute Gasteiger partial charge is 0.373 e. The van der Waals surface area contributed by atoms with Crippen molar-refractivity contribution in [3.63, 3.8) is 0 Å². The Morgan fingerprint density at radius 1 is 1.04 bits per heavy atom. The average Bonchev–Trinajstić information content (AvgIpc) is 2.82. The molecule has 3 rings (SSSR count). The highest BCUT2D eigenvalue weighted by Gasteiger charge is 2.29. The molecule has 0 bridgehead atoms. The molecule has 1 aliphatic rings. The molecule has 1 fully saturated rings. The molecule has 0 spiro atoms. The van der Waals surface area contributed by atoms with Crippen LogP contribution in [0.2, 0.25) is 0 Å². The zero-order chi connectivity index (χ0) is 17.8. The predicted molar refractivity (Wildman–Crippen MR) is 95.4 cm³/mol. The molecule has 0 atom stereocenters. The van der Waals surface area contributed by atoms with Gasteiger partial charge in [0, 0.05) is 13.1 Å². The van der Waals surface area contributed by atoms with E-state index in [2.05, 4.69) is 9.97 Å². The van der Waals surface area contributed by atoms with E-state index in [1.165, 1.54) is 6.33 Å². The van der Waals surface area contributed by atoms with Crippen molar-refractivity contribution in [1.29, 1.82) is 0 Å². The van der Waals surface area contributed by atoms with E-state index in [9.17, 15) is 10.1 Å². The number of ether oxygens (including phenoxy) is 1. The van der Waals surface area contributed by atoms with Crippen LogP contribution in [0, 0.1) is 24.0 Å². The van der Waals surface area contributed by atoms with E-state index in [1.807, 2.05) is 36.9 Å². The summed E-state index contributed by atoms with van der Waals surface area (Å²) in [6.07, 6.45) is 5.64. The third-order valence-corrected chi connectivity index (χ3v) is 4.27. The van der Waals surface area contributed by atoms with E-state index in [4.69, 9.17) is 4.74 Å². The first-order chi connectivity index (χ1) is 12.0. The van der Waals surface area contributed by atoms with E-state index < -0.39 is 4.92 Å². The lowest BCUT2D eigenvalue weighted by atomic mass is 10.1. The number of rotatable bonds is 4. The molecule has 0 unspecified atom stereocenters. The lowest BCUT2D eigenvalue weighted by Gasteiger charge is -2.21. The summed E-state index contributed by atoms with van der Waals surface area (Å²) in [6.45, 7) is 5.44. The van der Waals surface area contributed by atoms with Crippen LogP contribution in [0.15, 0.2) is 24.5 Å². The Morgan fingerprint density at radius 2 is 1.68 bits per heavy atom. The number of anilines is 1. The van der Waals surface area contributed by atoms with Crippen molar-refractivity contribution in [3.05, 3.63) is 45.8 Å². The number of benzene rings is 1. The molecular formula is C18H22N4O3. The maximum Gasteiger partial charge on any atom is 0.373 e. The summed E-state index contributed by atoms with van der Waals surface area (Å²) < 4.78 is 5.78. The first-order valence-electron chi connectivity index (χ1n) is 8.55. The molecule has 7 heteroatoms. The minimum absolute atomic E-state index is 0.00996. The summed E-state index contributed by atoms with van der Waals surface area (Å²) in [7, 11) is 0. The third kappa shape index (κ3) is 4.04. The van der Waals surface area contributed by atoms with Crippen LogP contribution in [0.5, 0.6) is 11.6 Å². The standard InChI is InChI=1S/C18H22N4O3/c1-13-9-14(2)11-15(10-13)25-18-16(22(23)24)17(19-12-20-18)21-7-5-3-4-6-8-21/h9-12H,3-8H2,1-2H3. The Labute approximate surface area is 146 Å². The Morgan fingerprint density at radius 3 is 2.28 bits per heavy atom. The highest BCUT2D eigenvalue weighted by molar-refractivity contribution is 5.63. The van der Waals surface area contributed by atoms with Gasteiger partial charge < -0.3 is 9.64 Å². The minimum atomic E-state index is -0.446. The molecule has 2 heterocycles. The Kier molecular flexibility index (Phi) is 5.11. The molecule has 0 aliphatic carbocycles. The normalized spacial score (nSPS) is 14.9. The van der Waals surface area contributed by atoms with Crippen molar-refractivity contribution >= 4 is 11.5 Å². The molecule has 2 aromatic rings. The lowest BCUT2D eigenvalue weighted by molar-refractivity contribution is -0.385. The number of aryl methyl sites for hydroxylation is 2. The third-order valence-electron chi connectivity index (χ3n) is 4.27. The second-order valence-corrected chi connectivity index (χ2v) is 6.43. The van der Waals surface area contributed by atoms with Gasteiger partial charge in [-0.05, 0) is 49.9 Å². The van der Waals surface area contributed by atoms with Gasteiger partial charge in [0.15, 0.2) is 0 Å². The summed E-state index contributed by atoms with van der Waals surface area (Å²) in [5, 5.41) is 11.7. The summed E-state index contributed by atoms with van der Waals surface area (Å²) in [5.41, 5.74) is 1.89. The second kappa shape index (κ2) is 7.46. The molecule has 0 radical (unpaired) electrons. The van der Waals surface area contributed by atoms with Gasteiger partial charge in [-0.15, -0.1) is 0 Å². The zero-order valence-corrected chi connectivity index (χ0v) is 14.6. The minimum Gasteiger partial charge on any atom is -0.434 e. The van der Waals surface area contributed by atoms with Crippen molar-refractivity contribution in [2.24, 2.45) is 0 Å². The van der Waals surface area contributed by atoms with Crippen molar-refractivity contribution in [1.82, 2.24) is 9.97 Å². The van der Waals surface area contributed by atoms with Crippen LogP contribution in [0.4, 0.5) is 11.5 Å². The van der Waals surface area contributed by atoms with Gasteiger partial charge >= 0.3 is 11.6 Å². The Hall–Kier alpha value is -2.70. The van der Waals surface area contributed by atoms with E-state index in [0.29, 0.717) is 11.6 Å². The van der Waals surface area contributed by atoms with Gasteiger partial charge in [0.1, 0.15) is 12.1 Å². The van der Waals surface area contributed by atoms with Crippen molar-refractivity contribution in [3.8, 4) is 11.6 Å². The van der Waals surface area contributed by atoms with Crippen molar-refractivity contribution in [2.75, 3.05) is 18.0 Å². The summed E-state index contributed by atoms with van der Waals surface area (Å²) in [5.74, 6) is 0.881. The van der Waals surface area contributed by atoms with Gasteiger partial charge in [-0.1, -0.05) is 18.9 Å². The van der Waals surface area contributed by atoms with Crippen LogP contribution in [-0.2, 0) is 0 Å². The molecule has 1 aliphatic heterocycles. The fourth-order valence-corrected chi connectivity index (χ4v) is 3.21.